The number of thiazole rings is 1. The highest BCUT2D eigenvalue weighted by atomic mass is 32.1. The van der Waals surface area contributed by atoms with E-state index in [4.69, 9.17) is 5.73 Å². The molecule has 0 saturated carbocycles. The monoisotopic (exact) mass is 258 g/mol. The molecule has 0 amide bonds. The van der Waals surface area contributed by atoms with Crippen LogP contribution in [0.25, 0.3) is 22.0 Å². The van der Waals surface area contributed by atoms with Crippen LogP contribution in [0.4, 0.5) is 5.13 Å². The molecule has 0 unspecified atom stereocenters. The minimum atomic E-state index is 0.492. The summed E-state index contributed by atoms with van der Waals surface area (Å²) < 4.78 is 0. The number of aryl methyl sites for hydroxylation is 1. The van der Waals surface area contributed by atoms with Crippen molar-refractivity contribution in [3.05, 3.63) is 30.4 Å². The van der Waals surface area contributed by atoms with Gasteiger partial charge in [0.25, 0.3) is 0 Å². The number of hydrogen-bond acceptors (Lipinski definition) is 6. The van der Waals surface area contributed by atoms with Gasteiger partial charge in [-0.1, -0.05) is 11.3 Å². The number of aromatic amines is 1. The van der Waals surface area contributed by atoms with Crippen LogP contribution in [0, 0.1) is 6.92 Å². The Morgan fingerprint density at radius 1 is 1.33 bits per heavy atom. The third kappa shape index (κ3) is 1.84. The van der Waals surface area contributed by atoms with Gasteiger partial charge in [0.15, 0.2) is 11.0 Å². The molecular formula is C11H10N6S. The SMILES string of the molecule is Cc1ccnc(-c2sc(N)nc2-c2cn[nH]c2)n1. The first-order chi connectivity index (χ1) is 8.74. The van der Waals surface area contributed by atoms with Crippen molar-refractivity contribution in [2.45, 2.75) is 6.92 Å². The van der Waals surface area contributed by atoms with Gasteiger partial charge in [-0.3, -0.25) is 5.10 Å². The fourth-order valence-corrected chi connectivity index (χ4v) is 2.42. The van der Waals surface area contributed by atoms with Gasteiger partial charge in [-0.05, 0) is 13.0 Å². The van der Waals surface area contributed by atoms with E-state index in [0.29, 0.717) is 11.0 Å². The van der Waals surface area contributed by atoms with Gasteiger partial charge in [-0.25, -0.2) is 15.0 Å². The zero-order valence-electron chi connectivity index (χ0n) is 9.58. The summed E-state index contributed by atoms with van der Waals surface area (Å²) in [5.41, 5.74) is 8.33. The van der Waals surface area contributed by atoms with E-state index in [2.05, 4.69) is 25.1 Å². The summed E-state index contributed by atoms with van der Waals surface area (Å²) in [6.07, 6.45) is 5.20. The van der Waals surface area contributed by atoms with Gasteiger partial charge in [0.05, 0.1) is 11.9 Å². The van der Waals surface area contributed by atoms with Crippen molar-refractivity contribution in [3.63, 3.8) is 0 Å². The van der Waals surface area contributed by atoms with Gasteiger partial charge in [0.2, 0.25) is 0 Å². The zero-order valence-corrected chi connectivity index (χ0v) is 10.4. The predicted molar refractivity (Wildman–Crippen MR) is 69.9 cm³/mol. The molecule has 3 rings (SSSR count). The van der Waals surface area contributed by atoms with Crippen molar-refractivity contribution in [2.24, 2.45) is 0 Å². The Morgan fingerprint density at radius 3 is 2.94 bits per heavy atom. The average molecular weight is 258 g/mol. The van der Waals surface area contributed by atoms with Gasteiger partial charge < -0.3 is 5.73 Å². The lowest BCUT2D eigenvalue weighted by Crippen LogP contribution is -1.90. The fourth-order valence-electron chi connectivity index (χ4n) is 1.62. The lowest BCUT2D eigenvalue weighted by Gasteiger charge is -1.99. The van der Waals surface area contributed by atoms with Crippen molar-refractivity contribution in [1.82, 2.24) is 25.1 Å². The van der Waals surface area contributed by atoms with E-state index in [1.165, 1.54) is 11.3 Å². The second-order valence-electron chi connectivity index (χ2n) is 3.74. The lowest BCUT2D eigenvalue weighted by molar-refractivity contribution is 1.09. The van der Waals surface area contributed by atoms with E-state index in [-0.39, 0.29) is 0 Å². The van der Waals surface area contributed by atoms with E-state index in [9.17, 15) is 0 Å². The van der Waals surface area contributed by atoms with E-state index in [1.54, 1.807) is 18.6 Å². The standard InChI is InChI=1S/C11H10N6S/c1-6-2-3-13-10(16-6)9-8(17-11(12)18-9)7-4-14-15-5-7/h2-5H,1H3,(H2,12,17)(H,14,15). The number of rotatable bonds is 2. The number of aromatic nitrogens is 5. The third-order valence-corrected chi connectivity index (χ3v) is 3.29. The van der Waals surface area contributed by atoms with Crippen molar-refractivity contribution in [2.75, 3.05) is 5.73 Å². The Morgan fingerprint density at radius 2 is 2.22 bits per heavy atom. The van der Waals surface area contributed by atoms with Gasteiger partial charge in [0.1, 0.15) is 4.88 Å². The number of H-pyrrole nitrogens is 1. The Balaban J connectivity index is 2.18. The molecule has 3 N–H and O–H groups in total. The highest BCUT2D eigenvalue weighted by Gasteiger charge is 2.16. The molecule has 18 heavy (non-hydrogen) atoms. The molecule has 0 aliphatic heterocycles. The molecule has 6 nitrogen and oxygen atoms in total. The number of nitrogens with one attached hydrogen (secondary N) is 1. The first-order valence-corrected chi connectivity index (χ1v) is 6.11. The second-order valence-corrected chi connectivity index (χ2v) is 4.77. The predicted octanol–water partition coefficient (Wildman–Crippen LogP) is 1.88. The van der Waals surface area contributed by atoms with E-state index < -0.39 is 0 Å². The Bertz CT molecular complexity index is 673. The summed E-state index contributed by atoms with van der Waals surface area (Å²) in [7, 11) is 0. The van der Waals surface area contributed by atoms with Crippen LogP contribution in [-0.2, 0) is 0 Å². The number of nitrogen functional groups attached to an aromatic ring is 1. The quantitative estimate of drug-likeness (QED) is 0.732. The van der Waals surface area contributed by atoms with Crippen molar-refractivity contribution in [3.8, 4) is 22.0 Å². The normalized spacial score (nSPS) is 10.7. The summed E-state index contributed by atoms with van der Waals surface area (Å²) >= 11 is 1.37. The van der Waals surface area contributed by atoms with Gasteiger partial charge >= 0.3 is 0 Å². The first kappa shape index (κ1) is 10.8. The maximum atomic E-state index is 5.78. The van der Waals surface area contributed by atoms with Crippen molar-refractivity contribution >= 4 is 16.5 Å². The Labute approximate surface area is 107 Å². The summed E-state index contributed by atoms with van der Waals surface area (Å²) in [6.45, 7) is 1.92. The number of nitrogens with two attached hydrogens (primary N) is 1. The highest BCUT2D eigenvalue weighted by Crippen LogP contribution is 2.35. The van der Waals surface area contributed by atoms with Crippen LogP contribution in [0.2, 0.25) is 0 Å². The van der Waals surface area contributed by atoms with E-state index in [0.717, 1.165) is 21.8 Å². The first-order valence-electron chi connectivity index (χ1n) is 5.29. The molecule has 0 fully saturated rings. The number of anilines is 1. The zero-order chi connectivity index (χ0) is 12.5. The molecule has 0 spiro atoms. The van der Waals surface area contributed by atoms with Crippen LogP contribution in [0.15, 0.2) is 24.7 Å². The van der Waals surface area contributed by atoms with Crippen LogP contribution in [-0.4, -0.2) is 25.1 Å². The number of nitrogens with zero attached hydrogens (tertiary/aromatic N) is 4. The van der Waals surface area contributed by atoms with E-state index in [1.807, 2.05) is 13.0 Å². The third-order valence-electron chi connectivity index (χ3n) is 2.41. The molecule has 90 valence electrons. The molecule has 7 heteroatoms. The van der Waals surface area contributed by atoms with Crippen molar-refractivity contribution < 1.29 is 0 Å². The summed E-state index contributed by atoms with van der Waals surface area (Å²) in [6, 6.07) is 1.85. The Hall–Kier alpha value is -2.28. The van der Waals surface area contributed by atoms with Crippen LogP contribution < -0.4 is 5.73 Å². The molecule has 0 atom stereocenters. The molecule has 0 saturated heterocycles. The second kappa shape index (κ2) is 4.19. The highest BCUT2D eigenvalue weighted by molar-refractivity contribution is 7.19. The van der Waals surface area contributed by atoms with Crippen LogP contribution in [0.1, 0.15) is 5.69 Å². The topological polar surface area (TPSA) is 93.4 Å². The Kier molecular flexibility index (Phi) is 2.52. The maximum Gasteiger partial charge on any atom is 0.181 e. The molecule has 3 aromatic rings. The molecule has 0 aliphatic carbocycles. The average Bonchev–Trinajstić information content (AvgIpc) is 2.97. The summed E-state index contributed by atoms with van der Waals surface area (Å²) in [4.78, 5) is 13.8. The largest absolute Gasteiger partial charge is 0.375 e. The van der Waals surface area contributed by atoms with E-state index >= 15 is 0 Å². The molecular weight excluding hydrogens is 248 g/mol. The maximum absolute atomic E-state index is 5.78. The van der Waals surface area contributed by atoms with Crippen LogP contribution >= 0.6 is 11.3 Å². The fraction of sp³-hybridized carbons (Fsp3) is 0.0909. The molecule has 3 aromatic heterocycles. The minimum absolute atomic E-state index is 0.492. The van der Waals surface area contributed by atoms with Gasteiger partial charge in [-0.2, -0.15) is 5.10 Å². The lowest BCUT2D eigenvalue weighted by atomic mass is 10.2. The van der Waals surface area contributed by atoms with Gasteiger partial charge in [-0.15, -0.1) is 0 Å². The smallest absolute Gasteiger partial charge is 0.181 e. The van der Waals surface area contributed by atoms with Crippen LogP contribution in [0.5, 0.6) is 0 Å². The molecule has 0 aliphatic rings. The molecule has 0 radical (unpaired) electrons. The molecule has 3 heterocycles. The minimum Gasteiger partial charge on any atom is -0.375 e. The van der Waals surface area contributed by atoms with Crippen molar-refractivity contribution in [1.29, 1.82) is 0 Å². The van der Waals surface area contributed by atoms with Gasteiger partial charge in [0, 0.05) is 23.7 Å². The molecule has 0 bridgehead atoms. The molecule has 0 aromatic carbocycles. The summed E-state index contributed by atoms with van der Waals surface area (Å²) in [5, 5.41) is 7.17. The van der Waals surface area contributed by atoms with Crippen LogP contribution in [0.3, 0.4) is 0 Å². The summed E-state index contributed by atoms with van der Waals surface area (Å²) in [5.74, 6) is 0.639. The number of hydrogen-bond donors (Lipinski definition) is 2.